The molecule has 3 aromatic rings. The topological polar surface area (TPSA) is 109 Å². The van der Waals surface area contributed by atoms with E-state index in [2.05, 4.69) is 0 Å². The van der Waals surface area contributed by atoms with E-state index >= 15 is 0 Å². The van der Waals surface area contributed by atoms with Gasteiger partial charge in [-0.25, -0.2) is 9.18 Å². The molecule has 0 fully saturated rings. The van der Waals surface area contributed by atoms with E-state index in [1.807, 2.05) is 12.1 Å². The van der Waals surface area contributed by atoms with Gasteiger partial charge in [-0.15, -0.1) is 11.3 Å². The Morgan fingerprint density at radius 1 is 1.14 bits per heavy atom. The Morgan fingerprint density at radius 3 is 2.54 bits per heavy atom. The van der Waals surface area contributed by atoms with Gasteiger partial charge < -0.3 is 14.2 Å². The Labute approximate surface area is 217 Å². The van der Waals surface area contributed by atoms with Crippen LogP contribution in [0.3, 0.4) is 0 Å². The van der Waals surface area contributed by atoms with Crippen LogP contribution in [-0.2, 0) is 22.6 Å². The fourth-order valence-corrected chi connectivity index (χ4v) is 4.63. The number of thiophene rings is 1. The molecule has 7 nitrogen and oxygen atoms in total. The number of halogens is 1. The highest BCUT2D eigenvalue weighted by Crippen LogP contribution is 2.31. The number of benzene rings is 2. The third-order valence-electron chi connectivity index (χ3n) is 5.37. The number of methoxy groups -OCH3 is 1. The molecular weight excluding hydrogens is 495 g/mol. The van der Waals surface area contributed by atoms with E-state index < -0.39 is 11.8 Å². The normalized spacial score (nSPS) is 10.8. The lowest BCUT2D eigenvalue weighted by molar-refractivity contribution is -0.114. The zero-order valence-electron chi connectivity index (χ0n) is 20.5. The standard InChI is InChI=1S/C28H23FN2O5S/c1-4-35-28(33)27-17(2)21(15-31)26(37-27)13-23(32)20(14-30)11-18-9-10-24(25(12-18)34-3)36-16-19-7-5-6-8-22(19)29/h5-12H,4,13,16H2,1-3H3/b20-11+. The maximum absolute atomic E-state index is 13.9. The van der Waals surface area contributed by atoms with E-state index in [9.17, 15) is 24.5 Å². The first kappa shape index (κ1) is 27.1. The van der Waals surface area contributed by atoms with E-state index in [1.54, 1.807) is 50.2 Å². The second-order valence-electron chi connectivity index (χ2n) is 7.75. The SMILES string of the molecule is CCOC(=O)c1sc(CC(=O)/C(C#N)=C/c2ccc(OCc3ccccc3F)c(OC)c2)c(C#N)c1C. The summed E-state index contributed by atoms with van der Waals surface area (Å²) in [5, 5.41) is 19.2. The van der Waals surface area contributed by atoms with E-state index in [0.29, 0.717) is 33.1 Å². The maximum Gasteiger partial charge on any atom is 0.348 e. The Balaban J connectivity index is 1.81. The summed E-state index contributed by atoms with van der Waals surface area (Å²) < 4.78 is 30.0. The summed E-state index contributed by atoms with van der Waals surface area (Å²) in [6, 6.07) is 15.0. The van der Waals surface area contributed by atoms with Crippen LogP contribution >= 0.6 is 11.3 Å². The first-order chi connectivity index (χ1) is 17.8. The number of nitriles is 2. The fourth-order valence-electron chi connectivity index (χ4n) is 3.48. The number of allylic oxidation sites excluding steroid dienone is 1. The van der Waals surface area contributed by atoms with Gasteiger partial charge >= 0.3 is 5.97 Å². The molecule has 0 saturated carbocycles. The average Bonchev–Trinajstić information content (AvgIpc) is 3.21. The quantitative estimate of drug-likeness (QED) is 0.197. The van der Waals surface area contributed by atoms with Crippen molar-refractivity contribution >= 4 is 29.2 Å². The summed E-state index contributed by atoms with van der Waals surface area (Å²) in [4.78, 5) is 25.8. The number of esters is 1. The minimum Gasteiger partial charge on any atom is -0.493 e. The number of carbonyl (C=O) groups is 2. The molecule has 0 atom stereocenters. The zero-order chi connectivity index (χ0) is 26.9. The summed E-state index contributed by atoms with van der Waals surface area (Å²) >= 11 is 1.02. The van der Waals surface area contributed by atoms with Gasteiger partial charge in [0.1, 0.15) is 29.4 Å². The molecule has 0 amide bonds. The van der Waals surface area contributed by atoms with E-state index in [1.165, 1.54) is 19.3 Å². The molecule has 0 aliphatic heterocycles. The number of hydrogen-bond donors (Lipinski definition) is 0. The molecule has 0 N–H and O–H groups in total. The van der Waals surface area contributed by atoms with Crippen LogP contribution in [0.2, 0.25) is 0 Å². The highest BCUT2D eigenvalue weighted by Gasteiger charge is 2.23. The Hall–Kier alpha value is -4.47. The van der Waals surface area contributed by atoms with E-state index in [0.717, 1.165) is 11.3 Å². The zero-order valence-corrected chi connectivity index (χ0v) is 21.3. The molecule has 188 valence electrons. The maximum atomic E-state index is 13.9. The predicted octanol–water partition coefficient (Wildman–Crippen LogP) is 5.55. The van der Waals surface area contributed by atoms with Gasteiger partial charge in [0.05, 0.1) is 24.9 Å². The molecule has 0 aliphatic rings. The number of ether oxygens (including phenoxy) is 3. The van der Waals surface area contributed by atoms with Crippen LogP contribution in [0.5, 0.6) is 11.5 Å². The molecule has 0 bridgehead atoms. The van der Waals surface area contributed by atoms with Gasteiger partial charge in [0, 0.05) is 16.9 Å². The van der Waals surface area contributed by atoms with Crippen LogP contribution in [0.1, 0.15) is 43.7 Å². The fraction of sp³-hybridized carbons (Fsp3) is 0.214. The summed E-state index contributed by atoms with van der Waals surface area (Å²) in [5.41, 5.74) is 1.45. The molecule has 0 spiro atoms. The van der Waals surface area contributed by atoms with Crippen molar-refractivity contribution in [2.24, 2.45) is 0 Å². The van der Waals surface area contributed by atoms with Crippen LogP contribution in [0, 0.1) is 35.4 Å². The van der Waals surface area contributed by atoms with Crippen molar-refractivity contribution in [3.8, 4) is 23.6 Å². The van der Waals surface area contributed by atoms with Gasteiger partial charge in [0.2, 0.25) is 0 Å². The van der Waals surface area contributed by atoms with Crippen LogP contribution < -0.4 is 9.47 Å². The van der Waals surface area contributed by atoms with Crippen LogP contribution in [0.25, 0.3) is 6.08 Å². The van der Waals surface area contributed by atoms with Crippen molar-refractivity contribution in [3.63, 3.8) is 0 Å². The molecule has 1 aromatic heterocycles. The van der Waals surface area contributed by atoms with E-state index in [-0.39, 0.29) is 41.5 Å². The van der Waals surface area contributed by atoms with Crippen molar-refractivity contribution in [1.29, 1.82) is 10.5 Å². The molecule has 0 unspecified atom stereocenters. The summed E-state index contributed by atoms with van der Waals surface area (Å²) in [6.45, 7) is 3.48. The molecule has 37 heavy (non-hydrogen) atoms. The first-order valence-corrected chi connectivity index (χ1v) is 12.0. The van der Waals surface area contributed by atoms with Crippen molar-refractivity contribution in [3.05, 3.63) is 85.9 Å². The highest BCUT2D eigenvalue weighted by atomic mass is 32.1. The lowest BCUT2D eigenvalue weighted by atomic mass is 10.0. The van der Waals surface area contributed by atoms with Crippen molar-refractivity contribution in [2.75, 3.05) is 13.7 Å². The van der Waals surface area contributed by atoms with Crippen LogP contribution in [-0.4, -0.2) is 25.5 Å². The van der Waals surface area contributed by atoms with Crippen LogP contribution in [0.15, 0.2) is 48.0 Å². The number of Topliss-reactive ketones (excluding diaryl/α,β-unsaturated/α-hetero) is 1. The predicted molar refractivity (Wildman–Crippen MR) is 136 cm³/mol. The monoisotopic (exact) mass is 518 g/mol. The summed E-state index contributed by atoms with van der Waals surface area (Å²) in [7, 11) is 1.44. The van der Waals surface area contributed by atoms with E-state index in [4.69, 9.17) is 14.2 Å². The number of hydrogen-bond acceptors (Lipinski definition) is 8. The summed E-state index contributed by atoms with van der Waals surface area (Å²) in [6.07, 6.45) is 1.19. The Bertz CT molecular complexity index is 1450. The van der Waals surface area contributed by atoms with Gasteiger partial charge in [-0.05, 0) is 49.2 Å². The first-order valence-electron chi connectivity index (χ1n) is 11.2. The highest BCUT2D eigenvalue weighted by molar-refractivity contribution is 7.14. The minimum absolute atomic E-state index is 0.00457. The molecule has 0 saturated heterocycles. The number of ketones is 1. The Morgan fingerprint density at radius 2 is 1.89 bits per heavy atom. The van der Waals surface area contributed by atoms with Gasteiger partial charge in [0.25, 0.3) is 0 Å². The second-order valence-corrected chi connectivity index (χ2v) is 8.85. The van der Waals surface area contributed by atoms with Gasteiger partial charge in [-0.2, -0.15) is 10.5 Å². The van der Waals surface area contributed by atoms with Crippen molar-refractivity contribution < 1.29 is 28.2 Å². The second kappa shape index (κ2) is 12.5. The molecule has 0 aliphatic carbocycles. The molecule has 0 radical (unpaired) electrons. The van der Waals surface area contributed by atoms with Crippen LogP contribution in [0.4, 0.5) is 4.39 Å². The summed E-state index contributed by atoms with van der Waals surface area (Å²) in [5.74, 6) is -0.732. The lowest BCUT2D eigenvalue weighted by Gasteiger charge is -2.12. The van der Waals surface area contributed by atoms with Gasteiger partial charge in [-0.1, -0.05) is 24.3 Å². The van der Waals surface area contributed by atoms with Crippen molar-refractivity contribution in [2.45, 2.75) is 26.9 Å². The van der Waals surface area contributed by atoms with Gasteiger partial charge in [-0.3, -0.25) is 4.79 Å². The largest absolute Gasteiger partial charge is 0.493 e. The third-order valence-corrected chi connectivity index (χ3v) is 6.65. The molecule has 1 heterocycles. The smallest absolute Gasteiger partial charge is 0.348 e. The third kappa shape index (κ3) is 6.40. The molecule has 2 aromatic carbocycles. The number of rotatable bonds is 10. The minimum atomic E-state index is -0.555. The number of nitrogens with zero attached hydrogens (tertiary/aromatic N) is 2. The molecule has 9 heteroatoms. The lowest BCUT2D eigenvalue weighted by Crippen LogP contribution is -2.05. The number of carbonyl (C=O) groups excluding carboxylic acids is 2. The van der Waals surface area contributed by atoms with Gasteiger partial charge in [0.15, 0.2) is 17.3 Å². The molecule has 3 rings (SSSR count). The average molecular weight is 519 g/mol. The molecular formula is C28H23FN2O5S. The van der Waals surface area contributed by atoms with Crippen molar-refractivity contribution in [1.82, 2.24) is 0 Å². The Kier molecular flexibility index (Phi) is 9.15.